The first-order chi connectivity index (χ1) is 13.0. The van der Waals surface area contributed by atoms with Gasteiger partial charge in [0.2, 0.25) is 5.91 Å². The molecule has 2 aliphatic rings. The zero-order valence-corrected chi connectivity index (χ0v) is 16.4. The van der Waals surface area contributed by atoms with Crippen LogP contribution in [0.15, 0.2) is 12.1 Å². The number of hydrogen-bond acceptors (Lipinski definition) is 4. The Kier molecular flexibility index (Phi) is 6.08. The standard InChI is InChI=1S/C20H29N3O4/c1-14-11-17(26-2)18(27-3)12-16(14)21-19(24)15-7-6-10-23(13-15)20(25)22-8-4-5-9-22/h11-12,15H,4-10,13H2,1-3H3,(H,21,24)/t15-/m1/s1. The van der Waals surface area contributed by atoms with Crippen molar-refractivity contribution < 1.29 is 19.1 Å². The zero-order valence-electron chi connectivity index (χ0n) is 16.4. The molecule has 0 aromatic heterocycles. The zero-order chi connectivity index (χ0) is 19.4. The maximum absolute atomic E-state index is 12.8. The molecule has 0 unspecified atom stereocenters. The summed E-state index contributed by atoms with van der Waals surface area (Å²) < 4.78 is 10.6. The molecule has 3 rings (SSSR count). The molecule has 0 saturated carbocycles. The number of carbonyl (C=O) groups is 2. The van der Waals surface area contributed by atoms with Crippen LogP contribution in [0.5, 0.6) is 11.5 Å². The normalized spacial score (nSPS) is 19.7. The van der Waals surface area contributed by atoms with E-state index in [0.29, 0.717) is 23.7 Å². The number of benzene rings is 1. The number of hydrogen-bond donors (Lipinski definition) is 1. The molecule has 3 amide bonds. The third-order valence-electron chi connectivity index (χ3n) is 5.43. The number of aryl methyl sites for hydroxylation is 1. The van der Waals surface area contributed by atoms with E-state index in [0.717, 1.165) is 50.9 Å². The molecule has 0 bridgehead atoms. The van der Waals surface area contributed by atoms with Crippen molar-refractivity contribution in [1.29, 1.82) is 0 Å². The first-order valence-electron chi connectivity index (χ1n) is 9.60. The first kappa shape index (κ1) is 19.3. The maximum Gasteiger partial charge on any atom is 0.320 e. The molecule has 148 valence electrons. The van der Waals surface area contributed by atoms with Crippen LogP contribution in [0.25, 0.3) is 0 Å². The van der Waals surface area contributed by atoms with Gasteiger partial charge in [-0.3, -0.25) is 4.79 Å². The Morgan fingerprint density at radius 3 is 2.30 bits per heavy atom. The van der Waals surface area contributed by atoms with Gasteiger partial charge in [-0.1, -0.05) is 0 Å². The third-order valence-corrected chi connectivity index (χ3v) is 5.43. The minimum Gasteiger partial charge on any atom is -0.493 e. The topological polar surface area (TPSA) is 71.1 Å². The summed E-state index contributed by atoms with van der Waals surface area (Å²) in [6.07, 6.45) is 3.79. The Labute approximate surface area is 160 Å². The van der Waals surface area contributed by atoms with Gasteiger partial charge >= 0.3 is 6.03 Å². The Hall–Kier alpha value is -2.44. The van der Waals surface area contributed by atoms with Crippen molar-refractivity contribution in [3.8, 4) is 11.5 Å². The van der Waals surface area contributed by atoms with Crippen LogP contribution in [0.3, 0.4) is 0 Å². The van der Waals surface area contributed by atoms with Gasteiger partial charge in [-0.2, -0.15) is 0 Å². The van der Waals surface area contributed by atoms with Crippen LogP contribution in [0.2, 0.25) is 0 Å². The van der Waals surface area contributed by atoms with Crippen molar-refractivity contribution in [2.75, 3.05) is 45.7 Å². The quantitative estimate of drug-likeness (QED) is 0.878. The number of nitrogens with zero attached hydrogens (tertiary/aromatic N) is 2. The van der Waals surface area contributed by atoms with Gasteiger partial charge < -0.3 is 24.6 Å². The lowest BCUT2D eigenvalue weighted by molar-refractivity contribution is -0.121. The molecular formula is C20H29N3O4. The van der Waals surface area contributed by atoms with Gasteiger partial charge in [-0.15, -0.1) is 0 Å². The maximum atomic E-state index is 12.8. The van der Waals surface area contributed by atoms with E-state index in [1.54, 1.807) is 20.3 Å². The van der Waals surface area contributed by atoms with Crippen LogP contribution >= 0.6 is 0 Å². The largest absolute Gasteiger partial charge is 0.493 e. The summed E-state index contributed by atoms with van der Waals surface area (Å²) in [5, 5.41) is 3.01. The molecule has 0 spiro atoms. The Morgan fingerprint density at radius 1 is 1.00 bits per heavy atom. The van der Waals surface area contributed by atoms with Gasteiger partial charge in [0.25, 0.3) is 0 Å². The van der Waals surface area contributed by atoms with Gasteiger partial charge in [-0.05, 0) is 44.2 Å². The third kappa shape index (κ3) is 4.28. The van der Waals surface area contributed by atoms with Gasteiger partial charge in [0.1, 0.15) is 0 Å². The van der Waals surface area contributed by atoms with Crippen molar-refractivity contribution in [3.63, 3.8) is 0 Å². The van der Waals surface area contributed by atoms with Gasteiger partial charge in [-0.25, -0.2) is 4.79 Å². The van der Waals surface area contributed by atoms with Crippen molar-refractivity contribution in [3.05, 3.63) is 17.7 Å². The molecule has 0 aliphatic carbocycles. The molecular weight excluding hydrogens is 346 g/mol. The molecule has 2 fully saturated rings. The predicted octanol–water partition coefficient (Wildman–Crippen LogP) is 2.88. The lowest BCUT2D eigenvalue weighted by atomic mass is 9.97. The van der Waals surface area contributed by atoms with Crippen LogP contribution in [0, 0.1) is 12.8 Å². The number of likely N-dealkylation sites (tertiary alicyclic amines) is 2. The van der Waals surface area contributed by atoms with E-state index >= 15 is 0 Å². The molecule has 27 heavy (non-hydrogen) atoms. The van der Waals surface area contributed by atoms with Crippen molar-refractivity contribution in [1.82, 2.24) is 9.80 Å². The van der Waals surface area contributed by atoms with Crippen LogP contribution in [-0.2, 0) is 4.79 Å². The molecule has 7 nitrogen and oxygen atoms in total. The van der Waals surface area contributed by atoms with Gasteiger partial charge in [0.05, 0.1) is 20.1 Å². The lowest BCUT2D eigenvalue weighted by Gasteiger charge is -2.34. The SMILES string of the molecule is COc1cc(C)c(NC(=O)[C@@H]2CCCN(C(=O)N3CCCC3)C2)cc1OC. The number of nitrogens with one attached hydrogen (secondary N) is 1. The highest BCUT2D eigenvalue weighted by Crippen LogP contribution is 2.33. The summed E-state index contributed by atoms with van der Waals surface area (Å²) in [4.78, 5) is 29.2. The highest BCUT2D eigenvalue weighted by Gasteiger charge is 2.31. The smallest absolute Gasteiger partial charge is 0.320 e. The minimum absolute atomic E-state index is 0.0516. The van der Waals surface area contributed by atoms with Crippen molar-refractivity contribution in [2.45, 2.75) is 32.6 Å². The Morgan fingerprint density at radius 2 is 1.63 bits per heavy atom. The number of urea groups is 1. The van der Waals surface area contributed by atoms with E-state index in [1.165, 1.54) is 0 Å². The average Bonchev–Trinajstić information content (AvgIpc) is 3.23. The summed E-state index contributed by atoms with van der Waals surface area (Å²) in [6.45, 7) is 4.79. The van der Waals surface area contributed by atoms with Gasteiger partial charge in [0, 0.05) is 37.9 Å². The average molecular weight is 375 g/mol. The number of rotatable bonds is 4. The molecule has 1 aromatic rings. The molecule has 1 atom stereocenters. The number of piperidine rings is 1. The Bertz CT molecular complexity index is 701. The highest BCUT2D eigenvalue weighted by atomic mass is 16.5. The van der Waals surface area contributed by atoms with E-state index in [-0.39, 0.29) is 17.9 Å². The van der Waals surface area contributed by atoms with Crippen LogP contribution in [-0.4, -0.2) is 62.1 Å². The van der Waals surface area contributed by atoms with E-state index < -0.39 is 0 Å². The second-order valence-corrected chi connectivity index (χ2v) is 7.27. The monoisotopic (exact) mass is 375 g/mol. The van der Waals surface area contributed by atoms with Crippen molar-refractivity contribution in [2.24, 2.45) is 5.92 Å². The second kappa shape index (κ2) is 8.50. The molecule has 0 radical (unpaired) electrons. The molecule has 7 heteroatoms. The fourth-order valence-electron chi connectivity index (χ4n) is 3.82. The van der Waals surface area contributed by atoms with E-state index in [2.05, 4.69) is 5.32 Å². The highest BCUT2D eigenvalue weighted by molar-refractivity contribution is 5.94. The summed E-state index contributed by atoms with van der Waals surface area (Å²) in [5.74, 6) is 0.961. The summed E-state index contributed by atoms with van der Waals surface area (Å²) in [7, 11) is 3.16. The van der Waals surface area contributed by atoms with Crippen LogP contribution in [0.4, 0.5) is 10.5 Å². The molecule has 2 heterocycles. The molecule has 2 aliphatic heterocycles. The van der Waals surface area contributed by atoms with Gasteiger partial charge in [0.15, 0.2) is 11.5 Å². The minimum atomic E-state index is -0.196. The molecule has 1 aromatic carbocycles. The summed E-state index contributed by atoms with van der Waals surface area (Å²) in [6, 6.07) is 3.70. The van der Waals surface area contributed by atoms with Crippen LogP contribution < -0.4 is 14.8 Å². The van der Waals surface area contributed by atoms with Crippen molar-refractivity contribution >= 4 is 17.6 Å². The number of carbonyl (C=O) groups excluding carboxylic acids is 2. The van der Waals surface area contributed by atoms with E-state index in [1.807, 2.05) is 22.8 Å². The van der Waals surface area contributed by atoms with Crippen LogP contribution in [0.1, 0.15) is 31.2 Å². The number of ether oxygens (including phenoxy) is 2. The summed E-state index contributed by atoms with van der Waals surface area (Å²) >= 11 is 0. The molecule has 1 N–H and O–H groups in total. The fourth-order valence-corrected chi connectivity index (χ4v) is 3.82. The number of anilines is 1. The Balaban J connectivity index is 1.66. The fraction of sp³-hybridized carbons (Fsp3) is 0.600. The second-order valence-electron chi connectivity index (χ2n) is 7.27. The number of amides is 3. The number of methoxy groups -OCH3 is 2. The lowest BCUT2D eigenvalue weighted by Crippen LogP contribution is -2.48. The van der Waals surface area contributed by atoms with E-state index in [9.17, 15) is 9.59 Å². The first-order valence-corrected chi connectivity index (χ1v) is 9.60. The summed E-state index contributed by atoms with van der Waals surface area (Å²) in [5.41, 5.74) is 1.61. The van der Waals surface area contributed by atoms with E-state index in [4.69, 9.17) is 9.47 Å². The predicted molar refractivity (Wildman–Crippen MR) is 103 cm³/mol. The molecule has 2 saturated heterocycles.